The molecule has 20 heavy (non-hydrogen) atoms. The second kappa shape index (κ2) is 5.35. The molecule has 4 nitrogen and oxygen atoms in total. The highest BCUT2D eigenvalue weighted by atomic mass is 16.5. The molecule has 0 aliphatic heterocycles. The molecule has 0 spiro atoms. The van der Waals surface area contributed by atoms with Crippen LogP contribution < -0.4 is 10.5 Å². The van der Waals surface area contributed by atoms with Gasteiger partial charge in [0.2, 0.25) is 0 Å². The van der Waals surface area contributed by atoms with E-state index in [0.717, 1.165) is 34.6 Å². The molecule has 0 amide bonds. The summed E-state index contributed by atoms with van der Waals surface area (Å²) in [7, 11) is 1.66. The number of nitrogens with one attached hydrogen (secondary N) is 1. The van der Waals surface area contributed by atoms with E-state index in [4.69, 9.17) is 10.5 Å². The Bertz CT molecular complexity index is 716. The lowest BCUT2D eigenvalue weighted by Crippen LogP contribution is -2.02. The summed E-state index contributed by atoms with van der Waals surface area (Å²) >= 11 is 0. The van der Waals surface area contributed by atoms with Gasteiger partial charge in [0.15, 0.2) is 0 Å². The Morgan fingerprint density at radius 2 is 1.95 bits per heavy atom. The first kappa shape index (κ1) is 12.7. The first-order chi connectivity index (χ1) is 9.80. The third-order valence-electron chi connectivity index (χ3n) is 3.35. The van der Waals surface area contributed by atoms with Crippen LogP contribution in [0.1, 0.15) is 5.56 Å². The molecule has 3 N–H and O–H groups in total. The highest BCUT2D eigenvalue weighted by molar-refractivity contribution is 5.80. The molecule has 0 aliphatic carbocycles. The second-order valence-electron chi connectivity index (χ2n) is 4.70. The maximum Gasteiger partial charge on any atom is 0.138 e. The number of nitrogens with two attached hydrogens (primary N) is 1. The zero-order valence-corrected chi connectivity index (χ0v) is 11.4. The molecule has 102 valence electrons. The van der Waals surface area contributed by atoms with Crippen molar-refractivity contribution in [2.45, 2.75) is 6.42 Å². The highest BCUT2D eigenvalue weighted by Crippen LogP contribution is 2.23. The van der Waals surface area contributed by atoms with E-state index in [0.29, 0.717) is 6.54 Å². The Morgan fingerprint density at radius 3 is 2.65 bits per heavy atom. The van der Waals surface area contributed by atoms with Gasteiger partial charge in [-0.05, 0) is 30.7 Å². The summed E-state index contributed by atoms with van der Waals surface area (Å²) in [6, 6.07) is 14.1. The third-order valence-corrected chi connectivity index (χ3v) is 3.35. The van der Waals surface area contributed by atoms with Crippen LogP contribution in [0.3, 0.4) is 0 Å². The summed E-state index contributed by atoms with van der Waals surface area (Å²) in [6.07, 6.45) is 0.900. The van der Waals surface area contributed by atoms with Crippen LogP contribution in [0.5, 0.6) is 5.75 Å². The topological polar surface area (TPSA) is 63.9 Å². The molecule has 0 radical (unpaired) electrons. The van der Waals surface area contributed by atoms with Gasteiger partial charge in [0, 0.05) is 11.6 Å². The Kier molecular flexibility index (Phi) is 3.39. The van der Waals surface area contributed by atoms with Gasteiger partial charge >= 0.3 is 0 Å². The fraction of sp³-hybridized carbons (Fsp3) is 0.188. The molecule has 1 aromatic heterocycles. The molecule has 4 heteroatoms. The van der Waals surface area contributed by atoms with Gasteiger partial charge in [0.05, 0.1) is 18.1 Å². The van der Waals surface area contributed by atoms with Gasteiger partial charge < -0.3 is 15.5 Å². The van der Waals surface area contributed by atoms with E-state index in [1.54, 1.807) is 7.11 Å². The SMILES string of the molecule is COc1ccc2nc(-c3ccc(CCN)cc3)[nH]c2c1. The first-order valence-corrected chi connectivity index (χ1v) is 6.63. The number of rotatable bonds is 4. The van der Waals surface area contributed by atoms with E-state index in [1.807, 2.05) is 18.2 Å². The predicted octanol–water partition coefficient (Wildman–Crippen LogP) is 2.74. The number of benzene rings is 2. The maximum atomic E-state index is 5.56. The van der Waals surface area contributed by atoms with Crippen LogP contribution in [0.15, 0.2) is 42.5 Å². The van der Waals surface area contributed by atoms with Gasteiger partial charge in [-0.25, -0.2) is 4.98 Å². The Labute approximate surface area is 117 Å². The van der Waals surface area contributed by atoms with Gasteiger partial charge in [-0.1, -0.05) is 24.3 Å². The molecular formula is C16H17N3O. The molecule has 0 saturated heterocycles. The highest BCUT2D eigenvalue weighted by Gasteiger charge is 2.06. The van der Waals surface area contributed by atoms with E-state index in [-0.39, 0.29) is 0 Å². The average molecular weight is 267 g/mol. The predicted molar refractivity (Wildman–Crippen MR) is 80.8 cm³/mol. The van der Waals surface area contributed by atoms with Crippen molar-refractivity contribution >= 4 is 11.0 Å². The number of nitrogens with zero attached hydrogens (tertiary/aromatic N) is 1. The quantitative estimate of drug-likeness (QED) is 0.764. The van der Waals surface area contributed by atoms with Crippen LogP contribution in [0.25, 0.3) is 22.4 Å². The van der Waals surface area contributed by atoms with Gasteiger partial charge in [0.25, 0.3) is 0 Å². The number of hydrogen-bond donors (Lipinski definition) is 2. The zero-order valence-electron chi connectivity index (χ0n) is 11.4. The van der Waals surface area contributed by atoms with Crippen LogP contribution in [0, 0.1) is 0 Å². The van der Waals surface area contributed by atoms with E-state index < -0.39 is 0 Å². The molecular weight excluding hydrogens is 250 g/mol. The van der Waals surface area contributed by atoms with Crippen molar-refractivity contribution in [1.82, 2.24) is 9.97 Å². The number of ether oxygens (including phenoxy) is 1. The van der Waals surface area contributed by atoms with Crippen LogP contribution in [0.2, 0.25) is 0 Å². The van der Waals surface area contributed by atoms with Crippen molar-refractivity contribution in [2.24, 2.45) is 5.73 Å². The summed E-state index contributed by atoms with van der Waals surface area (Å²) in [5, 5.41) is 0. The zero-order chi connectivity index (χ0) is 13.9. The smallest absolute Gasteiger partial charge is 0.138 e. The molecule has 0 aliphatic rings. The second-order valence-corrected chi connectivity index (χ2v) is 4.70. The molecule has 0 fully saturated rings. The number of imidazole rings is 1. The monoisotopic (exact) mass is 267 g/mol. The minimum Gasteiger partial charge on any atom is -0.497 e. The summed E-state index contributed by atoms with van der Waals surface area (Å²) < 4.78 is 5.22. The van der Waals surface area contributed by atoms with E-state index in [1.165, 1.54) is 5.56 Å². The van der Waals surface area contributed by atoms with Crippen molar-refractivity contribution in [3.8, 4) is 17.1 Å². The van der Waals surface area contributed by atoms with Gasteiger partial charge in [-0.15, -0.1) is 0 Å². The van der Waals surface area contributed by atoms with Crippen molar-refractivity contribution in [3.63, 3.8) is 0 Å². The molecule has 0 saturated carbocycles. The normalized spacial score (nSPS) is 10.9. The number of fused-ring (bicyclic) bond motifs is 1. The molecule has 2 aromatic carbocycles. The molecule has 3 rings (SSSR count). The third kappa shape index (κ3) is 2.38. The van der Waals surface area contributed by atoms with Gasteiger partial charge in [0.1, 0.15) is 11.6 Å². The van der Waals surface area contributed by atoms with Crippen LogP contribution >= 0.6 is 0 Å². The summed E-state index contributed by atoms with van der Waals surface area (Å²) in [5.41, 5.74) is 9.79. The van der Waals surface area contributed by atoms with Crippen LogP contribution in [-0.2, 0) is 6.42 Å². The van der Waals surface area contributed by atoms with Gasteiger partial charge in [-0.2, -0.15) is 0 Å². The van der Waals surface area contributed by atoms with Crippen LogP contribution in [0.4, 0.5) is 0 Å². The number of aromatic nitrogens is 2. The summed E-state index contributed by atoms with van der Waals surface area (Å²) in [4.78, 5) is 7.92. The number of hydrogen-bond acceptors (Lipinski definition) is 3. The first-order valence-electron chi connectivity index (χ1n) is 6.63. The average Bonchev–Trinajstić information content (AvgIpc) is 2.91. The molecule has 0 bridgehead atoms. The van der Waals surface area contributed by atoms with Crippen molar-refractivity contribution in [1.29, 1.82) is 0 Å². The van der Waals surface area contributed by atoms with Crippen molar-refractivity contribution in [2.75, 3.05) is 13.7 Å². The number of methoxy groups -OCH3 is 1. The van der Waals surface area contributed by atoms with Crippen LogP contribution in [-0.4, -0.2) is 23.6 Å². The molecule has 0 atom stereocenters. The maximum absolute atomic E-state index is 5.56. The standard InChI is InChI=1S/C16H17N3O/c1-20-13-6-7-14-15(10-13)19-16(18-14)12-4-2-11(3-5-12)8-9-17/h2-7,10H,8-9,17H2,1H3,(H,18,19). The largest absolute Gasteiger partial charge is 0.497 e. The fourth-order valence-corrected chi connectivity index (χ4v) is 2.25. The molecule has 0 unspecified atom stereocenters. The van der Waals surface area contributed by atoms with Gasteiger partial charge in [-0.3, -0.25) is 0 Å². The van der Waals surface area contributed by atoms with E-state index in [2.05, 4.69) is 34.2 Å². The van der Waals surface area contributed by atoms with E-state index in [9.17, 15) is 0 Å². The minimum atomic E-state index is 0.670. The lowest BCUT2D eigenvalue weighted by atomic mass is 10.1. The molecule has 3 aromatic rings. The van der Waals surface area contributed by atoms with Crippen molar-refractivity contribution in [3.05, 3.63) is 48.0 Å². The number of aromatic amines is 1. The summed E-state index contributed by atoms with van der Waals surface area (Å²) in [5.74, 6) is 1.69. The Morgan fingerprint density at radius 1 is 1.15 bits per heavy atom. The fourth-order valence-electron chi connectivity index (χ4n) is 2.25. The Balaban J connectivity index is 1.96. The summed E-state index contributed by atoms with van der Waals surface area (Å²) in [6.45, 7) is 0.670. The van der Waals surface area contributed by atoms with Crippen molar-refractivity contribution < 1.29 is 4.74 Å². The molecule has 1 heterocycles. The minimum absolute atomic E-state index is 0.670. The number of H-pyrrole nitrogens is 1. The Hall–Kier alpha value is -2.33. The van der Waals surface area contributed by atoms with E-state index >= 15 is 0 Å². The lowest BCUT2D eigenvalue weighted by molar-refractivity contribution is 0.415. The lowest BCUT2D eigenvalue weighted by Gasteiger charge is -2.00.